The number of aliphatic hydroxyl groups excluding tert-OH is 1. The van der Waals surface area contributed by atoms with Crippen molar-refractivity contribution in [2.75, 3.05) is 18.1 Å². The summed E-state index contributed by atoms with van der Waals surface area (Å²) in [7, 11) is 0. The number of amides is 1. The van der Waals surface area contributed by atoms with Gasteiger partial charge in [-0.25, -0.2) is 4.98 Å². The van der Waals surface area contributed by atoms with Crippen LogP contribution in [0.5, 0.6) is 11.5 Å². The number of rotatable bonds is 12. The van der Waals surface area contributed by atoms with E-state index in [-0.39, 0.29) is 16.5 Å². The van der Waals surface area contributed by atoms with E-state index in [1.165, 1.54) is 16.7 Å². The lowest BCUT2D eigenvalue weighted by atomic mass is 9.96. The number of imidazole rings is 1. The van der Waals surface area contributed by atoms with Crippen LogP contribution < -0.4 is 14.4 Å². The molecule has 1 atom stereocenters. The number of hydrogen-bond donors (Lipinski definition) is 1. The van der Waals surface area contributed by atoms with Gasteiger partial charge in [-0.1, -0.05) is 77.8 Å². The Bertz CT molecular complexity index is 2050. The molecule has 0 radical (unpaired) electrons. The average molecular weight is 725 g/mol. The normalized spacial score (nSPS) is 15.9. The van der Waals surface area contributed by atoms with Gasteiger partial charge in [-0.2, -0.15) is 0 Å². The largest absolute Gasteiger partial charge is 0.505 e. The number of anilines is 1. The van der Waals surface area contributed by atoms with Gasteiger partial charge in [-0.15, -0.1) is 10.2 Å². The van der Waals surface area contributed by atoms with Gasteiger partial charge in [-0.05, 0) is 67.8 Å². The van der Waals surface area contributed by atoms with Gasteiger partial charge in [-0.3, -0.25) is 18.9 Å². The van der Waals surface area contributed by atoms with Gasteiger partial charge in [0.2, 0.25) is 5.13 Å². The number of aryl methyl sites for hydroxylation is 1. The Balaban J connectivity index is 1.45. The van der Waals surface area contributed by atoms with Crippen molar-refractivity contribution in [2.24, 2.45) is 0 Å². The molecule has 0 bridgehead atoms. The summed E-state index contributed by atoms with van der Waals surface area (Å²) in [6.45, 7) is 6.55. The van der Waals surface area contributed by atoms with E-state index in [2.05, 4.69) is 22.1 Å². The van der Waals surface area contributed by atoms with Crippen molar-refractivity contribution in [3.8, 4) is 11.5 Å². The van der Waals surface area contributed by atoms with Crippen LogP contribution in [0, 0.1) is 6.92 Å². The number of carbonyl (C=O) groups is 2. The predicted molar refractivity (Wildman–Crippen MR) is 189 cm³/mol. The second kappa shape index (κ2) is 14.6. The van der Waals surface area contributed by atoms with Crippen molar-refractivity contribution >= 4 is 74.5 Å². The third kappa shape index (κ3) is 6.62. The van der Waals surface area contributed by atoms with Crippen LogP contribution >= 0.6 is 46.3 Å². The summed E-state index contributed by atoms with van der Waals surface area (Å²) in [5, 5.41) is 21.8. The Hall–Kier alpha value is -4.10. The number of nitrogens with zero attached hydrogens (tertiary/aromatic N) is 5. The summed E-state index contributed by atoms with van der Waals surface area (Å²) < 4.78 is 14.2. The molecule has 1 aliphatic heterocycles. The first-order valence-corrected chi connectivity index (χ1v) is 17.8. The summed E-state index contributed by atoms with van der Waals surface area (Å²) in [5.41, 5.74) is 2.66. The lowest BCUT2D eigenvalue weighted by Gasteiger charge is -2.23. The van der Waals surface area contributed by atoms with Gasteiger partial charge in [0.1, 0.15) is 11.3 Å². The Morgan fingerprint density at radius 3 is 2.65 bits per heavy atom. The number of aromatic nitrogens is 4. The summed E-state index contributed by atoms with van der Waals surface area (Å²) in [5.74, 6) is -0.577. The quantitative estimate of drug-likeness (QED) is 0.0339. The summed E-state index contributed by atoms with van der Waals surface area (Å²) >= 11 is 15.0. The highest BCUT2D eigenvalue weighted by atomic mass is 35.5. The fourth-order valence-corrected chi connectivity index (χ4v) is 7.84. The molecule has 1 fully saturated rings. The number of halogens is 2. The molecule has 14 heteroatoms. The number of unbranched alkanes of at least 4 members (excludes halogenated alkanes) is 1. The number of Topliss-reactive ketones (excluding diaryl/α,β-unsaturated/α-hetero) is 1. The first kappa shape index (κ1) is 33.8. The molecular formula is C34H31Cl2N5O5S2. The topological polar surface area (TPSA) is 119 Å². The molecule has 0 aliphatic carbocycles. The van der Waals surface area contributed by atoms with Gasteiger partial charge in [0, 0.05) is 22.0 Å². The van der Waals surface area contributed by atoms with Crippen molar-refractivity contribution in [3.05, 3.63) is 98.9 Å². The van der Waals surface area contributed by atoms with E-state index in [1.54, 1.807) is 60.0 Å². The summed E-state index contributed by atoms with van der Waals surface area (Å²) in [4.78, 5) is 33.7. The zero-order chi connectivity index (χ0) is 33.9. The van der Waals surface area contributed by atoms with E-state index in [4.69, 9.17) is 32.7 Å². The maximum absolute atomic E-state index is 13.9. The van der Waals surface area contributed by atoms with Crippen LogP contribution in [0.1, 0.15) is 55.2 Å². The smallest absolute Gasteiger partial charge is 0.301 e. The number of ether oxygens (including phenoxy) is 2. The van der Waals surface area contributed by atoms with Crippen LogP contribution in [0.25, 0.3) is 11.4 Å². The molecule has 1 N–H and O–H groups in total. The molecule has 6 rings (SSSR count). The van der Waals surface area contributed by atoms with E-state index in [1.807, 2.05) is 19.1 Å². The molecular weight excluding hydrogens is 693 g/mol. The van der Waals surface area contributed by atoms with Crippen LogP contribution in [0.15, 0.2) is 70.7 Å². The van der Waals surface area contributed by atoms with Crippen molar-refractivity contribution in [1.82, 2.24) is 19.6 Å². The van der Waals surface area contributed by atoms with Gasteiger partial charge in [0.15, 0.2) is 21.6 Å². The molecule has 0 saturated carbocycles. The fraction of sp³-hybridized carbons (Fsp3) is 0.265. The molecule has 1 unspecified atom stereocenters. The lowest BCUT2D eigenvalue weighted by molar-refractivity contribution is -0.132. The highest BCUT2D eigenvalue weighted by molar-refractivity contribution is 8.00. The molecule has 1 amide bonds. The lowest BCUT2D eigenvalue weighted by Crippen LogP contribution is -2.29. The van der Waals surface area contributed by atoms with Crippen molar-refractivity contribution in [2.45, 2.75) is 49.7 Å². The SMILES string of the molecule is CCCCOc1ccc(C2/C(=C(\O)c3c(C)nc4ccccn34)C(=O)C(=O)N2c2nnc(SCc3ccc(Cl)cc3Cl)s2)cc1OCC. The number of fused-ring (bicyclic) bond motifs is 1. The third-order valence-corrected chi connectivity index (χ3v) is 10.4. The molecule has 3 aromatic heterocycles. The van der Waals surface area contributed by atoms with E-state index >= 15 is 0 Å². The standard InChI is InChI=1S/C34H31Cl2N5O5S2/c1-4-6-15-46-24-13-11-20(16-25(24)45-5-2)29-27(30(42)28-19(3)37-26-9-7-8-14-40(26)28)31(43)32(44)41(29)33-38-39-34(48-33)47-18-21-10-12-22(35)17-23(21)36/h7-14,16-17,29,42H,4-6,15,18H2,1-3H3/b30-27+. The van der Waals surface area contributed by atoms with Crippen LogP contribution in [0.4, 0.5) is 5.13 Å². The van der Waals surface area contributed by atoms with Gasteiger partial charge in [0.25, 0.3) is 5.78 Å². The van der Waals surface area contributed by atoms with Crippen LogP contribution in [-0.2, 0) is 15.3 Å². The number of hydrogen-bond acceptors (Lipinski definition) is 10. The van der Waals surface area contributed by atoms with Crippen molar-refractivity contribution in [3.63, 3.8) is 0 Å². The number of carbonyl (C=O) groups excluding carboxylic acids is 2. The number of ketones is 1. The Labute approximate surface area is 295 Å². The minimum Gasteiger partial charge on any atom is -0.505 e. The summed E-state index contributed by atoms with van der Waals surface area (Å²) in [6, 6.07) is 14.9. The number of aliphatic hydroxyl groups is 1. The molecule has 10 nitrogen and oxygen atoms in total. The summed E-state index contributed by atoms with van der Waals surface area (Å²) in [6.07, 6.45) is 3.58. The number of pyridine rings is 1. The zero-order valence-corrected chi connectivity index (χ0v) is 29.4. The molecule has 4 heterocycles. The Morgan fingerprint density at radius 1 is 1.04 bits per heavy atom. The molecule has 1 aliphatic rings. The van der Waals surface area contributed by atoms with Gasteiger partial charge >= 0.3 is 5.91 Å². The highest BCUT2D eigenvalue weighted by Gasteiger charge is 2.49. The Morgan fingerprint density at radius 2 is 1.88 bits per heavy atom. The third-order valence-electron chi connectivity index (χ3n) is 7.68. The van der Waals surface area contributed by atoms with E-state index in [9.17, 15) is 14.7 Å². The fourth-order valence-electron chi connectivity index (χ4n) is 5.42. The van der Waals surface area contributed by atoms with Gasteiger partial charge in [0.05, 0.1) is 30.5 Å². The van der Waals surface area contributed by atoms with Crippen LogP contribution in [0.3, 0.4) is 0 Å². The van der Waals surface area contributed by atoms with Gasteiger partial charge < -0.3 is 14.6 Å². The van der Waals surface area contributed by atoms with Crippen molar-refractivity contribution < 1.29 is 24.2 Å². The first-order chi connectivity index (χ1) is 23.2. The van der Waals surface area contributed by atoms with Crippen LogP contribution in [-0.4, -0.2) is 49.6 Å². The molecule has 248 valence electrons. The molecule has 48 heavy (non-hydrogen) atoms. The predicted octanol–water partition coefficient (Wildman–Crippen LogP) is 8.30. The first-order valence-electron chi connectivity index (χ1n) is 15.3. The van der Waals surface area contributed by atoms with E-state index in [0.717, 1.165) is 29.7 Å². The number of benzene rings is 2. The molecule has 0 spiro atoms. The second-order valence-corrected chi connectivity index (χ2v) is 13.9. The average Bonchev–Trinajstić information content (AvgIpc) is 3.74. The second-order valence-electron chi connectivity index (χ2n) is 10.9. The maximum Gasteiger partial charge on any atom is 0.301 e. The number of thioether (sulfide) groups is 1. The van der Waals surface area contributed by atoms with E-state index in [0.29, 0.717) is 67.4 Å². The van der Waals surface area contributed by atoms with E-state index < -0.39 is 17.7 Å². The zero-order valence-electron chi connectivity index (χ0n) is 26.3. The Kier molecular flexibility index (Phi) is 10.3. The molecule has 2 aromatic carbocycles. The minimum absolute atomic E-state index is 0.104. The van der Waals surface area contributed by atoms with Crippen molar-refractivity contribution in [1.29, 1.82) is 0 Å². The maximum atomic E-state index is 13.9. The monoisotopic (exact) mass is 723 g/mol. The minimum atomic E-state index is -1.06. The molecule has 1 saturated heterocycles. The van der Waals surface area contributed by atoms with Crippen LogP contribution in [0.2, 0.25) is 10.0 Å². The molecule has 5 aromatic rings. The highest BCUT2D eigenvalue weighted by Crippen LogP contribution is 2.46.